The van der Waals surface area contributed by atoms with Crippen LogP contribution in [0.5, 0.6) is 0 Å². The van der Waals surface area contributed by atoms with E-state index in [4.69, 9.17) is 5.84 Å². The van der Waals surface area contributed by atoms with Crippen LogP contribution < -0.4 is 5.84 Å². The summed E-state index contributed by atoms with van der Waals surface area (Å²) in [5.74, 6) is 5.63. The van der Waals surface area contributed by atoms with Gasteiger partial charge in [-0.2, -0.15) is 0 Å². The highest BCUT2D eigenvalue weighted by atomic mass is 19.1. The van der Waals surface area contributed by atoms with Crippen LogP contribution in [0.15, 0.2) is 36.5 Å². The zero-order chi connectivity index (χ0) is 11.5. The number of rotatable bonds is 3. The topological polar surface area (TPSA) is 30.9 Å². The van der Waals surface area contributed by atoms with E-state index in [-0.39, 0.29) is 5.82 Å². The van der Waals surface area contributed by atoms with E-state index in [0.717, 1.165) is 24.1 Å². The van der Waals surface area contributed by atoms with E-state index in [9.17, 15) is 4.39 Å². The Balaban J connectivity index is 2.26. The molecule has 16 heavy (non-hydrogen) atoms. The number of aryl methyl sites for hydroxylation is 1. The zero-order valence-electron chi connectivity index (χ0n) is 9.28. The van der Waals surface area contributed by atoms with Crippen molar-refractivity contribution in [3.63, 3.8) is 0 Å². The maximum Gasteiger partial charge on any atom is 0.123 e. The van der Waals surface area contributed by atoms with E-state index in [1.54, 1.807) is 16.8 Å². The van der Waals surface area contributed by atoms with Crippen LogP contribution in [-0.2, 0) is 12.8 Å². The second-order valence-corrected chi connectivity index (χ2v) is 3.85. The first-order valence-electron chi connectivity index (χ1n) is 5.39. The van der Waals surface area contributed by atoms with E-state index in [1.165, 1.54) is 17.7 Å². The van der Waals surface area contributed by atoms with Gasteiger partial charge in [0, 0.05) is 18.3 Å². The van der Waals surface area contributed by atoms with Gasteiger partial charge in [0.15, 0.2) is 0 Å². The summed E-state index contributed by atoms with van der Waals surface area (Å²) in [6.07, 6.45) is 3.56. The van der Waals surface area contributed by atoms with Gasteiger partial charge in [-0.05, 0) is 35.7 Å². The van der Waals surface area contributed by atoms with E-state index in [0.29, 0.717) is 0 Å². The molecule has 0 unspecified atom stereocenters. The Bertz CT molecular complexity index is 471. The van der Waals surface area contributed by atoms with Crippen molar-refractivity contribution in [2.75, 3.05) is 5.84 Å². The highest BCUT2D eigenvalue weighted by molar-refractivity contribution is 5.29. The van der Waals surface area contributed by atoms with E-state index < -0.39 is 0 Å². The molecule has 0 aliphatic heterocycles. The third-order valence-electron chi connectivity index (χ3n) is 2.78. The van der Waals surface area contributed by atoms with Gasteiger partial charge in [-0.3, -0.25) is 4.68 Å². The number of halogens is 1. The Morgan fingerprint density at radius 2 is 1.88 bits per heavy atom. The molecule has 1 heterocycles. The van der Waals surface area contributed by atoms with E-state index in [1.807, 2.05) is 12.3 Å². The maximum atomic E-state index is 12.8. The van der Waals surface area contributed by atoms with Crippen LogP contribution in [0, 0.1) is 5.82 Å². The van der Waals surface area contributed by atoms with Crippen molar-refractivity contribution < 1.29 is 4.39 Å². The number of aromatic nitrogens is 1. The molecule has 0 saturated heterocycles. The van der Waals surface area contributed by atoms with Crippen molar-refractivity contribution in [1.82, 2.24) is 4.68 Å². The average Bonchev–Trinajstić information content (AvgIpc) is 2.63. The molecule has 0 fully saturated rings. The summed E-state index contributed by atoms with van der Waals surface area (Å²) in [4.78, 5) is 0. The van der Waals surface area contributed by atoms with Crippen LogP contribution in [0.3, 0.4) is 0 Å². The lowest BCUT2D eigenvalue weighted by molar-refractivity contribution is 0.627. The summed E-state index contributed by atoms with van der Waals surface area (Å²) >= 11 is 0. The molecule has 0 atom stereocenters. The van der Waals surface area contributed by atoms with Crippen molar-refractivity contribution in [2.45, 2.75) is 19.8 Å². The van der Waals surface area contributed by atoms with Gasteiger partial charge in [0.25, 0.3) is 0 Å². The van der Waals surface area contributed by atoms with Gasteiger partial charge < -0.3 is 5.84 Å². The normalized spacial score (nSPS) is 10.6. The first-order valence-corrected chi connectivity index (χ1v) is 5.39. The Morgan fingerprint density at radius 3 is 2.50 bits per heavy atom. The molecule has 0 saturated carbocycles. The number of nitrogen functional groups attached to an aromatic ring is 1. The van der Waals surface area contributed by atoms with Gasteiger partial charge in [0.2, 0.25) is 0 Å². The fourth-order valence-corrected chi connectivity index (χ4v) is 1.84. The molecule has 1 aromatic carbocycles. The van der Waals surface area contributed by atoms with Gasteiger partial charge in [0.1, 0.15) is 5.82 Å². The minimum absolute atomic E-state index is 0.206. The summed E-state index contributed by atoms with van der Waals surface area (Å²) in [7, 11) is 0. The van der Waals surface area contributed by atoms with Crippen LogP contribution in [0.1, 0.15) is 23.7 Å². The smallest absolute Gasteiger partial charge is 0.123 e. The summed E-state index contributed by atoms with van der Waals surface area (Å²) in [6, 6.07) is 8.57. The molecule has 2 rings (SSSR count). The summed E-state index contributed by atoms with van der Waals surface area (Å²) in [6.45, 7) is 2.10. The minimum atomic E-state index is -0.206. The predicted molar refractivity (Wildman–Crippen MR) is 63.2 cm³/mol. The first kappa shape index (κ1) is 10.7. The highest BCUT2D eigenvalue weighted by Crippen LogP contribution is 2.15. The largest absolute Gasteiger partial charge is 0.339 e. The molecule has 0 amide bonds. The number of hydrogen-bond donors (Lipinski definition) is 1. The minimum Gasteiger partial charge on any atom is -0.339 e. The fraction of sp³-hybridized carbons (Fsp3) is 0.231. The molecule has 2 nitrogen and oxygen atoms in total. The zero-order valence-corrected chi connectivity index (χ0v) is 9.28. The molecule has 2 N–H and O–H groups in total. The fourth-order valence-electron chi connectivity index (χ4n) is 1.84. The molecule has 0 bridgehead atoms. The van der Waals surface area contributed by atoms with Crippen LogP contribution in [0.25, 0.3) is 0 Å². The highest BCUT2D eigenvalue weighted by Gasteiger charge is 2.06. The lowest BCUT2D eigenvalue weighted by Gasteiger charge is -2.06. The molecular formula is C13H15FN2. The first-order chi connectivity index (χ1) is 7.70. The third kappa shape index (κ3) is 2.08. The lowest BCUT2D eigenvalue weighted by atomic mass is 10.1. The Labute approximate surface area is 94.5 Å². The van der Waals surface area contributed by atoms with Crippen LogP contribution in [-0.4, -0.2) is 4.68 Å². The summed E-state index contributed by atoms with van der Waals surface area (Å²) in [5, 5.41) is 0. The predicted octanol–water partition coefficient (Wildman–Crippen LogP) is 2.49. The van der Waals surface area contributed by atoms with E-state index >= 15 is 0 Å². The standard InChI is InChI=1S/C13H15FN2/c1-2-11-7-8-16(15)13(11)9-10-3-5-12(14)6-4-10/h3-8H,2,9,15H2,1H3. The number of hydrogen-bond acceptors (Lipinski definition) is 1. The monoisotopic (exact) mass is 218 g/mol. The average molecular weight is 218 g/mol. The second-order valence-electron chi connectivity index (χ2n) is 3.85. The molecule has 0 spiro atoms. The van der Waals surface area contributed by atoms with Crippen LogP contribution >= 0.6 is 0 Å². The molecule has 84 valence electrons. The molecule has 3 heteroatoms. The van der Waals surface area contributed by atoms with Crippen LogP contribution in [0.2, 0.25) is 0 Å². The van der Waals surface area contributed by atoms with Crippen molar-refractivity contribution in [3.8, 4) is 0 Å². The van der Waals surface area contributed by atoms with Crippen molar-refractivity contribution in [3.05, 3.63) is 59.2 Å². The number of nitrogens with zero attached hydrogens (tertiary/aromatic N) is 1. The second kappa shape index (κ2) is 4.39. The molecule has 0 aliphatic carbocycles. The van der Waals surface area contributed by atoms with Gasteiger partial charge in [-0.15, -0.1) is 0 Å². The van der Waals surface area contributed by atoms with Crippen LogP contribution in [0.4, 0.5) is 4.39 Å². The lowest BCUT2D eigenvalue weighted by Crippen LogP contribution is -2.12. The van der Waals surface area contributed by atoms with Crippen molar-refractivity contribution in [1.29, 1.82) is 0 Å². The quantitative estimate of drug-likeness (QED) is 0.788. The SMILES string of the molecule is CCc1ccn(N)c1Cc1ccc(F)cc1. The van der Waals surface area contributed by atoms with Gasteiger partial charge in [-0.25, -0.2) is 4.39 Å². The summed E-state index contributed by atoms with van der Waals surface area (Å²) < 4.78 is 14.4. The molecule has 2 aromatic rings. The molecule has 0 aliphatic rings. The molecular weight excluding hydrogens is 203 g/mol. The Kier molecular flexibility index (Phi) is 2.95. The molecule has 0 radical (unpaired) electrons. The Hall–Kier alpha value is -1.77. The van der Waals surface area contributed by atoms with Crippen molar-refractivity contribution in [2.24, 2.45) is 0 Å². The van der Waals surface area contributed by atoms with Gasteiger partial charge >= 0.3 is 0 Å². The summed E-state index contributed by atoms with van der Waals surface area (Å²) in [5.41, 5.74) is 3.41. The maximum absolute atomic E-state index is 12.8. The Morgan fingerprint density at radius 1 is 1.19 bits per heavy atom. The van der Waals surface area contributed by atoms with Gasteiger partial charge in [0.05, 0.1) is 0 Å². The number of nitrogens with two attached hydrogens (primary N) is 1. The third-order valence-corrected chi connectivity index (χ3v) is 2.78. The van der Waals surface area contributed by atoms with E-state index in [2.05, 4.69) is 6.92 Å². The van der Waals surface area contributed by atoms with Crippen molar-refractivity contribution >= 4 is 0 Å². The molecule has 1 aromatic heterocycles. The van der Waals surface area contributed by atoms with Gasteiger partial charge in [-0.1, -0.05) is 19.1 Å². The number of benzene rings is 1.